The van der Waals surface area contributed by atoms with Crippen LogP contribution in [0.2, 0.25) is 0 Å². The zero-order valence-electron chi connectivity index (χ0n) is 13.5. The second-order valence-corrected chi connectivity index (χ2v) is 7.78. The van der Waals surface area contributed by atoms with Crippen LogP contribution >= 0.6 is 0 Å². The van der Waals surface area contributed by atoms with Gasteiger partial charge in [-0.15, -0.1) is 0 Å². The van der Waals surface area contributed by atoms with E-state index in [1.165, 1.54) is 18.2 Å². The SMILES string of the molecule is CC[C@H](C)Nc1ccc(S(=O)(=O)NC2CCCC2)cc1C(=O)O. The van der Waals surface area contributed by atoms with E-state index >= 15 is 0 Å². The number of carbonyl (C=O) groups is 1. The van der Waals surface area contributed by atoms with Crippen LogP contribution in [0.3, 0.4) is 0 Å². The molecule has 0 unspecified atom stereocenters. The van der Waals surface area contributed by atoms with Crippen LogP contribution < -0.4 is 10.0 Å². The summed E-state index contributed by atoms with van der Waals surface area (Å²) in [5.41, 5.74) is 0.409. The van der Waals surface area contributed by atoms with Crippen LogP contribution in [0.4, 0.5) is 5.69 Å². The number of aromatic carboxylic acids is 1. The molecule has 1 aromatic carbocycles. The highest BCUT2D eigenvalue weighted by atomic mass is 32.2. The Balaban J connectivity index is 2.29. The number of hydrogen-bond donors (Lipinski definition) is 3. The van der Waals surface area contributed by atoms with Gasteiger partial charge in [-0.05, 0) is 44.4 Å². The first-order chi connectivity index (χ1) is 10.8. The van der Waals surface area contributed by atoms with Crippen molar-refractivity contribution in [3.8, 4) is 0 Å². The molecule has 0 aromatic heterocycles. The number of carboxylic acids is 1. The van der Waals surface area contributed by atoms with Crippen molar-refractivity contribution in [3.63, 3.8) is 0 Å². The van der Waals surface area contributed by atoms with Crippen LogP contribution in [0.15, 0.2) is 23.1 Å². The Hall–Kier alpha value is -1.60. The third kappa shape index (κ3) is 4.45. The molecule has 2 rings (SSSR count). The molecule has 0 saturated heterocycles. The molecule has 0 spiro atoms. The summed E-state index contributed by atoms with van der Waals surface area (Å²) in [6.45, 7) is 3.93. The molecule has 0 amide bonds. The van der Waals surface area contributed by atoms with Crippen LogP contribution in [0.5, 0.6) is 0 Å². The van der Waals surface area contributed by atoms with Gasteiger partial charge in [0.1, 0.15) is 0 Å². The number of carboxylic acid groups (broad SMARTS) is 1. The second-order valence-electron chi connectivity index (χ2n) is 6.07. The number of sulfonamides is 1. The number of rotatable bonds is 7. The lowest BCUT2D eigenvalue weighted by atomic mass is 10.1. The molecule has 3 N–H and O–H groups in total. The number of anilines is 1. The van der Waals surface area contributed by atoms with Gasteiger partial charge in [0.25, 0.3) is 0 Å². The fourth-order valence-corrected chi connectivity index (χ4v) is 4.02. The monoisotopic (exact) mass is 340 g/mol. The van der Waals surface area contributed by atoms with E-state index in [0.29, 0.717) is 5.69 Å². The Labute approximate surface area is 137 Å². The fraction of sp³-hybridized carbons (Fsp3) is 0.562. The summed E-state index contributed by atoms with van der Waals surface area (Å²) in [5.74, 6) is -1.14. The minimum Gasteiger partial charge on any atom is -0.478 e. The summed E-state index contributed by atoms with van der Waals surface area (Å²) < 4.78 is 27.5. The van der Waals surface area contributed by atoms with Crippen molar-refractivity contribution >= 4 is 21.7 Å². The molecule has 23 heavy (non-hydrogen) atoms. The molecule has 1 saturated carbocycles. The molecule has 0 aliphatic heterocycles. The van der Waals surface area contributed by atoms with E-state index in [-0.39, 0.29) is 22.5 Å². The summed E-state index contributed by atoms with van der Waals surface area (Å²) in [6.07, 6.45) is 4.54. The third-order valence-electron chi connectivity index (χ3n) is 4.22. The first-order valence-corrected chi connectivity index (χ1v) is 9.48. The Kier molecular flexibility index (Phi) is 5.64. The van der Waals surface area contributed by atoms with Gasteiger partial charge >= 0.3 is 5.97 Å². The first kappa shape index (κ1) is 17.7. The predicted octanol–water partition coefficient (Wildman–Crippen LogP) is 2.82. The lowest BCUT2D eigenvalue weighted by Crippen LogP contribution is -2.32. The van der Waals surface area contributed by atoms with E-state index in [1.54, 1.807) is 0 Å². The number of hydrogen-bond acceptors (Lipinski definition) is 4. The van der Waals surface area contributed by atoms with E-state index in [2.05, 4.69) is 10.0 Å². The molecule has 0 bridgehead atoms. The van der Waals surface area contributed by atoms with Crippen molar-refractivity contribution in [2.45, 2.75) is 62.9 Å². The van der Waals surface area contributed by atoms with Gasteiger partial charge < -0.3 is 10.4 Å². The van der Waals surface area contributed by atoms with Crippen LogP contribution in [-0.4, -0.2) is 31.6 Å². The third-order valence-corrected chi connectivity index (χ3v) is 5.74. The van der Waals surface area contributed by atoms with Crippen LogP contribution in [-0.2, 0) is 10.0 Å². The van der Waals surface area contributed by atoms with Crippen LogP contribution in [0.1, 0.15) is 56.3 Å². The minimum absolute atomic E-state index is 0.00324. The Morgan fingerprint density at radius 2 is 2.00 bits per heavy atom. The molecular formula is C16H24N2O4S. The number of nitrogens with one attached hydrogen (secondary N) is 2. The maximum absolute atomic E-state index is 12.4. The average molecular weight is 340 g/mol. The van der Waals surface area contributed by atoms with Crippen molar-refractivity contribution < 1.29 is 18.3 Å². The van der Waals surface area contributed by atoms with Crippen molar-refractivity contribution in [3.05, 3.63) is 23.8 Å². The molecule has 1 aromatic rings. The topological polar surface area (TPSA) is 95.5 Å². The predicted molar refractivity (Wildman–Crippen MR) is 89.4 cm³/mol. The second kappa shape index (κ2) is 7.31. The van der Waals surface area contributed by atoms with E-state index in [0.717, 1.165) is 32.1 Å². The van der Waals surface area contributed by atoms with Gasteiger partial charge in [0, 0.05) is 17.8 Å². The molecule has 1 aliphatic carbocycles. The largest absolute Gasteiger partial charge is 0.478 e. The Morgan fingerprint density at radius 3 is 2.57 bits per heavy atom. The van der Waals surface area contributed by atoms with Crippen molar-refractivity contribution in [1.29, 1.82) is 0 Å². The molecule has 1 fully saturated rings. The Morgan fingerprint density at radius 1 is 1.35 bits per heavy atom. The van der Waals surface area contributed by atoms with Gasteiger partial charge in [-0.25, -0.2) is 17.9 Å². The average Bonchev–Trinajstić information content (AvgIpc) is 2.99. The van der Waals surface area contributed by atoms with Gasteiger partial charge in [0.2, 0.25) is 10.0 Å². The van der Waals surface area contributed by atoms with Gasteiger partial charge in [0.05, 0.1) is 10.5 Å². The summed E-state index contributed by atoms with van der Waals surface area (Å²) in [7, 11) is -3.69. The highest BCUT2D eigenvalue weighted by Crippen LogP contribution is 2.24. The maximum Gasteiger partial charge on any atom is 0.337 e. The lowest BCUT2D eigenvalue weighted by Gasteiger charge is -2.17. The zero-order valence-corrected chi connectivity index (χ0v) is 14.3. The quantitative estimate of drug-likeness (QED) is 0.709. The molecule has 0 radical (unpaired) electrons. The summed E-state index contributed by atoms with van der Waals surface area (Å²) in [5, 5.41) is 12.5. The molecule has 0 heterocycles. The fourth-order valence-electron chi connectivity index (χ4n) is 2.69. The smallest absolute Gasteiger partial charge is 0.337 e. The van der Waals surface area contributed by atoms with Gasteiger partial charge in [-0.2, -0.15) is 0 Å². The Bertz CT molecular complexity index is 667. The molecular weight excluding hydrogens is 316 g/mol. The molecule has 7 heteroatoms. The summed E-state index contributed by atoms with van der Waals surface area (Å²) in [6, 6.07) is 4.26. The van der Waals surface area contributed by atoms with Crippen LogP contribution in [0, 0.1) is 0 Å². The van der Waals surface area contributed by atoms with Crippen molar-refractivity contribution in [2.24, 2.45) is 0 Å². The minimum atomic E-state index is -3.69. The summed E-state index contributed by atoms with van der Waals surface area (Å²) in [4.78, 5) is 11.5. The first-order valence-electron chi connectivity index (χ1n) is 7.99. The molecule has 6 nitrogen and oxygen atoms in total. The normalized spacial score (nSPS) is 17.1. The standard InChI is InChI=1S/C16H24N2O4S/c1-3-11(2)17-15-9-8-13(10-14(15)16(19)20)23(21,22)18-12-6-4-5-7-12/h8-12,17-18H,3-7H2,1-2H3,(H,19,20)/t11-/m0/s1. The van der Waals surface area contributed by atoms with Gasteiger partial charge in [0.15, 0.2) is 0 Å². The molecule has 128 valence electrons. The van der Waals surface area contributed by atoms with E-state index in [9.17, 15) is 18.3 Å². The van der Waals surface area contributed by atoms with Crippen LogP contribution in [0.25, 0.3) is 0 Å². The number of benzene rings is 1. The zero-order chi connectivity index (χ0) is 17.0. The highest BCUT2D eigenvalue weighted by molar-refractivity contribution is 7.89. The van der Waals surface area contributed by atoms with E-state index in [4.69, 9.17) is 0 Å². The van der Waals surface area contributed by atoms with Crippen molar-refractivity contribution in [2.75, 3.05) is 5.32 Å². The van der Waals surface area contributed by atoms with E-state index < -0.39 is 16.0 Å². The maximum atomic E-state index is 12.4. The molecule has 1 atom stereocenters. The van der Waals surface area contributed by atoms with Gasteiger partial charge in [-0.1, -0.05) is 19.8 Å². The summed E-state index contributed by atoms with van der Waals surface area (Å²) >= 11 is 0. The van der Waals surface area contributed by atoms with E-state index in [1.807, 2.05) is 13.8 Å². The molecule has 1 aliphatic rings. The lowest BCUT2D eigenvalue weighted by molar-refractivity contribution is 0.0697. The van der Waals surface area contributed by atoms with Gasteiger partial charge in [-0.3, -0.25) is 0 Å². The highest BCUT2D eigenvalue weighted by Gasteiger charge is 2.24. The van der Waals surface area contributed by atoms with Crippen molar-refractivity contribution in [1.82, 2.24) is 4.72 Å².